The predicted octanol–water partition coefficient (Wildman–Crippen LogP) is 4.51. The zero-order valence-corrected chi connectivity index (χ0v) is 14.4. The highest BCUT2D eigenvalue weighted by Crippen LogP contribution is 2.38. The number of rotatable bonds is 7. The van der Waals surface area contributed by atoms with Crippen molar-refractivity contribution in [3.8, 4) is 0 Å². The molecule has 0 aromatic heterocycles. The first-order chi connectivity index (χ1) is 10.6. The molecule has 1 aliphatic carbocycles. The van der Waals surface area contributed by atoms with E-state index in [1.54, 1.807) is 17.8 Å². The van der Waals surface area contributed by atoms with Gasteiger partial charge in [-0.15, -0.1) is 11.8 Å². The van der Waals surface area contributed by atoms with E-state index in [9.17, 15) is 10.1 Å². The van der Waals surface area contributed by atoms with Gasteiger partial charge in [0, 0.05) is 11.3 Å². The lowest BCUT2D eigenvalue weighted by molar-refractivity contribution is -0.387. The Hall–Kier alpha value is -1.07. The van der Waals surface area contributed by atoms with Crippen molar-refractivity contribution in [2.24, 2.45) is 0 Å². The Labute approximate surface area is 137 Å². The van der Waals surface area contributed by atoms with E-state index < -0.39 is 0 Å². The van der Waals surface area contributed by atoms with Crippen LogP contribution >= 0.6 is 11.8 Å². The van der Waals surface area contributed by atoms with Gasteiger partial charge in [0.05, 0.1) is 9.82 Å². The summed E-state index contributed by atoms with van der Waals surface area (Å²) in [5.74, 6) is 0. The number of nitro benzene ring substituents is 1. The van der Waals surface area contributed by atoms with Crippen LogP contribution in [0.15, 0.2) is 23.1 Å². The molecule has 0 radical (unpaired) electrons. The smallest absolute Gasteiger partial charge is 0.283 e. The minimum Gasteiger partial charge on any atom is -0.309 e. The van der Waals surface area contributed by atoms with Crippen molar-refractivity contribution in [3.63, 3.8) is 0 Å². The van der Waals surface area contributed by atoms with Crippen LogP contribution in [0.5, 0.6) is 0 Å². The van der Waals surface area contributed by atoms with Crippen molar-refractivity contribution >= 4 is 17.4 Å². The molecular formula is C17H26N2O2S. The monoisotopic (exact) mass is 322 g/mol. The normalized spacial score (nSPS) is 16.1. The first kappa shape index (κ1) is 17.3. The van der Waals surface area contributed by atoms with Crippen molar-refractivity contribution in [2.75, 3.05) is 20.6 Å². The van der Waals surface area contributed by atoms with E-state index in [4.69, 9.17) is 0 Å². The fraction of sp³-hybridized carbons (Fsp3) is 0.647. The summed E-state index contributed by atoms with van der Waals surface area (Å²) in [6, 6.07) is 5.80. The Bertz CT molecular complexity index is 499. The van der Waals surface area contributed by atoms with Crippen molar-refractivity contribution in [2.45, 2.75) is 55.1 Å². The fourth-order valence-corrected chi connectivity index (χ4v) is 4.25. The quantitative estimate of drug-likeness (QED) is 0.547. The summed E-state index contributed by atoms with van der Waals surface area (Å²) in [6.45, 7) is 1.01. The van der Waals surface area contributed by atoms with Crippen LogP contribution in [0.3, 0.4) is 0 Å². The molecule has 1 fully saturated rings. The number of hydrogen-bond acceptors (Lipinski definition) is 4. The Morgan fingerprint density at radius 1 is 1.27 bits per heavy atom. The summed E-state index contributed by atoms with van der Waals surface area (Å²) in [5, 5.41) is 11.9. The van der Waals surface area contributed by atoms with Gasteiger partial charge in [-0.05, 0) is 58.0 Å². The lowest BCUT2D eigenvalue weighted by atomic mass is 10.0. The van der Waals surface area contributed by atoms with Crippen LogP contribution in [0.2, 0.25) is 0 Å². The number of aryl methyl sites for hydroxylation is 1. The molecule has 0 amide bonds. The summed E-state index contributed by atoms with van der Waals surface area (Å²) in [7, 11) is 4.10. The summed E-state index contributed by atoms with van der Waals surface area (Å²) >= 11 is 1.71. The van der Waals surface area contributed by atoms with E-state index in [0.717, 1.165) is 29.8 Å². The lowest BCUT2D eigenvalue weighted by Gasteiger charge is -2.20. The molecule has 122 valence electrons. The van der Waals surface area contributed by atoms with Gasteiger partial charge in [0.15, 0.2) is 0 Å². The number of nitrogens with zero attached hydrogens (tertiary/aromatic N) is 2. The molecule has 0 aliphatic heterocycles. The molecule has 1 aromatic carbocycles. The van der Waals surface area contributed by atoms with E-state index in [2.05, 4.69) is 11.0 Å². The molecule has 0 heterocycles. The third-order valence-electron chi connectivity index (χ3n) is 4.14. The molecule has 0 saturated heterocycles. The van der Waals surface area contributed by atoms with Crippen LogP contribution < -0.4 is 0 Å². The first-order valence-electron chi connectivity index (χ1n) is 8.15. The highest BCUT2D eigenvalue weighted by Gasteiger charge is 2.21. The molecule has 2 rings (SSSR count). The summed E-state index contributed by atoms with van der Waals surface area (Å²) < 4.78 is 0. The van der Waals surface area contributed by atoms with Crippen LogP contribution in [-0.2, 0) is 6.42 Å². The van der Waals surface area contributed by atoms with Crippen LogP contribution in [0.1, 0.15) is 44.1 Å². The van der Waals surface area contributed by atoms with E-state index >= 15 is 0 Å². The minimum absolute atomic E-state index is 0.222. The molecule has 5 heteroatoms. The second kappa shape index (κ2) is 8.53. The van der Waals surface area contributed by atoms with Gasteiger partial charge in [0.25, 0.3) is 5.69 Å². The molecule has 22 heavy (non-hydrogen) atoms. The molecule has 0 bridgehead atoms. The van der Waals surface area contributed by atoms with Crippen LogP contribution in [0, 0.1) is 10.1 Å². The van der Waals surface area contributed by atoms with Gasteiger partial charge >= 0.3 is 0 Å². The van der Waals surface area contributed by atoms with Gasteiger partial charge < -0.3 is 4.90 Å². The van der Waals surface area contributed by atoms with Crippen LogP contribution in [0.4, 0.5) is 5.69 Å². The maximum absolute atomic E-state index is 11.4. The second-order valence-electron chi connectivity index (χ2n) is 6.34. The Kier molecular flexibility index (Phi) is 6.70. The first-order valence-corrected chi connectivity index (χ1v) is 9.03. The summed E-state index contributed by atoms with van der Waals surface area (Å²) in [4.78, 5) is 14.1. The van der Waals surface area contributed by atoms with Gasteiger partial charge in [0.1, 0.15) is 0 Å². The minimum atomic E-state index is -0.222. The molecule has 1 saturated carbocycles. The molecule has 0 spiro atoms. The maximum atomic E-state index is 11.4. The molecule has 1 aliphatic rings. The van der Waals surface area contributed by atoms with Gasteiger partial charge in [-0.2, -0.15) is 0 Å². The standard InChI is InChI=1S/C17H26N2O2S/c1-18(2)12-6-7-14-10-11-17(16(13-14)19(20)21)22-15-8-4-3-5-9-15/h10-11,13,15H,3-9,12H2,1-2H3. The third kappa shape index (κ3) is 5.29. The van der Waals surface area contributed by atoms with Crippen molar-refractivity contribution < 1.29 is 4.92 Å². The number of nitro groups is 1. The van der Waals surface area contributed by atoms with Crippen LogP contribution in [-0.4, -0.2) is 35.7 Å². The Balaban J connectivity index is 2.04. The molecular weight excluding hydrogens is 296 g/mol. The molecule has 1 aromatic rings. The van der Waals surface area contributed by atoms with E-state index in [1.165, 1.54) is 32.1 Å². The van der Waals surface area contributed by atoms with E-state index in [0.29, 0.717) is 5.25 Å². The molecule has 0 N–H and O–H groups in total. The zero-order chi connectivity index (χ0) is 15.9. The van der Waals surface area contributed by atoms with E-state index in [-0.39, 0.29) is 10.6 Å². The molecule has 0 atom stereocenters. The average molecular weight is 322 g/mol. The maximum Gasteiger partial charge on any atom is 0.283 e. The van der Waals surface area contributed by atoms with Crippen molar-refractivity contribution in [3.05, 3.63) is 33.9 Å². The van der Waals surface area contributed by atoms with Gasteiger partial charge in [0.2, 0.25) is 0 Å². The molecule has 4 nitrogen and oxygen atoms in total. The highest BCUT2D eigenvalue weighted by atomic mass is 32.2. The number of benzene rings is 1. The van der Waals surface area contributed by atoms with Gasteiger partial charge in [-0.25, -0.2) is 0 Å². The largest absolute Gasteiger partial charge is 0.309 e. The predicted molar refractivity (Wildman–Crippen MR) is 92.7 cm³/mol. The SMILES string of the molecule is CN(C)CCCc1ccc(SC2CCCCC2)c([N+](=O)[O-])c1. The van der Waals surface area contributed by atoms with Gasteiger partial charge in [-0.1, -0.05) is 25.3 Å². The Morgan fingerprint density at radius 2 is 2.00 bits per heavy atom. The molecule has 0 unspecified atom stereocenters. The van der Waals surface area contributed by atoms with Crippen LogP contribution in [0.25, 0.3) is 0 Å². The second-order valence-corrected chi connectivity index (χ2v) is 7.69. The van der Waals surface area contributed by atoms with E-state index in [1.807, 2.05) is 20.2 Å². The summed E-state index contributed by atoms with van der Waals surface area (Å²) in [6.07, 6.45) is 8.12. The summed E-state index contributed by atoms with van der Waals surface area (Å²) in [5.41, 5.74) is 1.36. The average Bonchev–Trinajstić information content (AvgIpc) is 2.49. The number of hydrogen-bond donors (Lipinski definition) is 0. The van der Waals surface area contributed by atoms with Crippen molar-refractivity contribution in [1.29, 1.82) is 0 Å². The Morgan fingerprint density at radius 3 is 2.64 bits per heavy atom. The zero-order valence-electron chi connectivity index (χ0n) is 13.6. The fourth-order valence-electron chi connectivity index (χ4n) is 2.92. The number of thioether (sulfide) groups is 1. The van der Waals surface area contributed by atoms with Gasteiger partial charge in [-0.3, -0.25) is 10.1 Å². The van der Waals surface area contributed by atoms with Crippen molar-refractivity contribution in [1.82, 2.24) is 4.90 Å². The topological polar surface area (TPSA) is 46.4 Å². The lowest BCUT2D eigenvalue weighted by Crippen LogP contribution is -2.13. The third-order valence-corrected chi connectivity index (χ3v) is 5.54. The highest BCUT2D eigenvalue weighted by molar-refractivity contribution is 8.00.